The Morgan fingerprint density at radius 3 is 2.90 bits per heavy atom. The molecule has 57 valence electrons. The molecule has 0 radical (unpaired) electrons. The van der Waals surface area contributed by atoms with Crippen molar-refractivity contribution in [1.29, 1.82) is 0 Å². The molecule has 0 amide bonds. The average Bonchev–Trinajstić information content (AvgIpc) is 1.89. The molecule has 0 aliphatic heterocycles. The predicted molar refractivity (Wildman–Crippen MR) is 39.7 cm³/mol. The third-order valence-electron chi connectivity index (χ3n) is 1.19. The van der Waals surface area contributed by atoms with Gasteiger partial charge >= 0.3 is 78.7 Å². The van der Waals surface area contributed by atoms with Gasteiger partial charge in [0.05, 0.1) is 0 Å². The molecule has 0 aromatic carbocycles. The molecule has 0 rings (SSSR count). The molecule has 0 bridgehead atoms. The summed E-state index contributed by atoms with van der Waals surface area (Å²) in [7, 11) is 0. The Morgan fingerprint density at radius 1 is 1.70 bits per heavy atom. The van der Waals surface area contributed by atoms with Crippen LogP contribution in [0.2, 0.25) is 3.63 Å². The van der Waals surface area contributed by atoms with Gasteiger partial charge in [0.1, 0.15) is 0 Å². The van der Waals surface area contributed by atoms with Gasteiger partial charge in [0.2, 0.25) is 0 Å². The van der Waals surface area contributed by atoms with Gasteiger partial charge in [-0.2, -0.15) is 0 Å². The zero-order valence-corrected chi connectivity index (χ0v) is 9.06. The quantitative estimate of drug-likeness (QED) is 0.491. The van der Waals surface area contributed by atoms with Crippen molar-refractivity contribution in [3.05, 3.63) is 12.7 Å². The maximum atomic E-state index is 5.30. The summed E-state index contributed by atoms with van der Waals surface area (Å²) in [5.74, 6) is 0. The molecule has 0 N–H and O–H groups in total. The zero-order chi connectivity index (χ0) is 7.82. The fraction of sp³-hybridized carbons (Fsp3) is 0.750. The van der Waals surface area contributed by atoms with E-state index in [-0.39, 0.29) is 0 Å². The first-order valence-electron chi connectivity index (χ1n) is 3.71. The van der Waals surface area contributed by atoms with E-state index >= 15 is 0 Å². The molecule has 1 unspecified atom stereocenters. The first-order chi connectivity index (χ1) is 4.81. The Morgan fingerprint density at radius 2 is 2.40 bits per heavy atom. The first kappa shape index (κ1) is 10.6. The van der Waals surface area contributed by atoms with Crippen molar-refractivity contribution in [3.8, 4) is 0 Å². The minimum absolute atomic E-state index is 0.703. The monoisotopic (exact) mass is 217 g/mol. The maximum absolute atomic E-state index is 5.30. The van der Waals surface area contributed by atoms with E-state index in [9.17, 15) is 0 Å². The first-order valence-corrected chi connectivity index (χ1v) is 5.13. The van der Waals surface area contributed by atoms with Gasteiger partial charge in [-0.05, 0) is 0 Å². The van der Waals surface area contributed by atoms with E-state index in [1.165, 1.54) is 12.8 Å². The fourth-order valence-electron chi connectivity index (χ4n) is 0.725. The molecule has 0 saturated carbocycles. The average molecular weight is 218 g/mol. The summed E-state index contributed by atoms with van der Waals surface area (Å²) >= 11 is 1.59. The van der Waals surface area contributed by atoms with Crippen LogP contribution >= 0.6 is 0 Å². The van der Waals surface area contributed by atoms with Crippen LogP contribution in [0.3, 0.4) is 0 Å². The van der Waals surface area contributed by atoms with E-state index < -0.39 is 0 Å². The van der Waals surface area contributed by atoms with Gasteiger partial charge in [-0.25, -0.2) is 0 Å². The van der Waals surface area contributed by atoms with Crippen LogP contribution < -0.4 is 0 Å². The fourth-order valence-corrected chi connectivity index (χ4v) is 1.72. The minimum atomic E-state index is 0.703. The molecule has 0 fully saturated rings. The van der Waals surface area contributed by atoms with Gasteiger partial charge in [0, 0.05) is 0 Å². The molecule has 0 spiro atoms. The van der Waals surface area contributed by atoms with Crippen molar-refractivity contribution in [3.63, 3.8) is 0 Å². The molecule has 0 aliphatic carbocycles. The van der Waals surface area contributed by atoms with Crippen LogP contribution in [0, 0.1) is 0 Å². The van der Waals surface area contributed by atoms with Crippen molar-refractivity contribution < 1.29 is 29.5 Å². The summed E-state index contributed by atoms with van der Waals surface area (Å²) in [5.41, 5.74) is 0. The van der Waals surface area contributed by atoms with E-state index in [1.54, 1.807) is 30.8 Å². The zero-order valence-electron chi connectivity index (χ0n) is 6.60. The number of rotatable bonds is 6. The Hall–Kier alpha value is 0.583. The molecule has 0 aliphatic rings. The molecule has 1 atom stereocenters. The summed E-state index contributed by atoms with van der Waals surface area (Å²) in [6.45, 7) is 7.42. The van der Waals surface area contributed by atoms with Crippen molar-refractivity contribution in [1.82, 2.24) is 0 Å². The Bertz CT molecular complexity index is 83.3. The summed E-state index contributed by atoms with van der Waals surface area (Å²) in [6, 6.07) is 0. The molecule has 0 aromatic rings. The van der Waals surface area contributed by atoms with E-state index in [4.69, 9.17) is 4.74 Å². The Labute approximate surface area is 78.7 Å². The molecular weight excluding hydrogens is 203 g/mol. The van der Waals surface area contributed by atoms with Crippen LogP contribution in [0.25, 0.3) is 0 Å². The van der Waals surface area contributed by atoms with Crippen LogP contribution in [0.5, 0.6) is 0 Å². The van der Waals surface area contributed by atoms with E-state index in [1.807, 2.05) is 0 Å². The van der Waals surface area contributed by atoms with Gasteiger partial charge < -0.3 is 0 Å². The van der Waals surface area contributed by atoms with Gasteiger partial charge in [-0.15, -0.1) is 0 Å². The van der Waals surface area contributed by atoms with Crippen molar-refractivity contribution >= 4 is 0 Å². The second-order valence-corrected chi connectivity index (χ2v) is 4.32. The van der Waals surface area contributed by atoms with Crippen LogP contribution in [0.1, 0.15) is 19.8 Å². The summed E-state index contributed by atoms with van der Waals surface area (Å²) in [6.07, 6.45) is 4.37. The van der Waals surface area contributed by atoms with E-state index in [0.29, 0.717) is 6.61 Å². The standard InChI is InChI=1S/C8H15O.Zr/c1-3-5-6-8-9-7-4-2;/h4,6H,2-3,5,7-8H2,1H3;. The summed E-state index contributed by atoms with van der Waals surface area (Å²) < 4.78 is 6.09. The molecule has 10 heavy (non-hydrogen) atoms. The van der Waals surface area contributed by atoms with Gasteiger partial charge in [-0.1, -0.05) is 0 Å². The number of ether oxygens (including phenoxy) is 1. The normalized spacial score (nSPS) is 12.8. The van der Waals surface area contributed by atoms with Crippen LogP contribution in [0.4, 0.5) is 0 Å². The molecular formula is C8H15OZr. The van der Waals surface area contributed by atoms with Crippen molar-refractivity contribution in [2.75, 3.05) is 13.2 Å². The predicted octanol–water partition coefficient (Wildman–Crippen LogP) is 2.32. The van der Waals surface area contributed by atoms with Crippen LogP contribution in [-0.2, 0) is 29.5 Å². The summed E-state index contributed by atoms with van der Waals surface area (Å²) in [5, 5.41) is 0. The Kier molecular flexibility index (Phi) is 8.14. The third kappa shape index (κ3) is 6.70. The van der Waals surface area contributed by atoms with Crippen LogP contribution in [0.15, 0.2) is 12.7 Å². The second kappa shape index (κ2) is 7.69. The number of hydrogen-bond acceptors (Lipinski definition) is 1. The Balaban J connectivity index is 3.04. The van der Waals surface area contributed by atoms with Gasteiger partial charge in [-0.3, -0.25) is 0 Å². The van der Waals surface area contributed by atoms with Crippen molar-refractivity contribution in [2.24, 2.45) is 0 Å². The van der Waals surface area contributed by atoms with E-state index in [2.05, 4.69) is 13.5 Å². The molecule has 0 heterocycles. The van der Waals surface area contributed by atoms with Crippen LogP contribution in [-0.4, -0.2) is 13.2 Å². The molecule has 1 nitrogen and oxygen atoms in total. The SMILES string of the molecule is C=CCOC[CH]([Zr])CCC. The topological polar surface area (TPSA) is 9.23 Å². The molecule has 0 saturated heterocycles. The number of hydrogen-bond donors (Lipinski definition) is 0. The molecule has 2 heteroatoms. The second-order valence-electron chi connectivity index (χ2n) is 2.31. The molecule has 0 aromatic heterocycles. The van der Waals surface area contributed by atoms with Gasteiger partial charge in [0.25, 0.3) is 0 Å². The van der Waals surface area contributed by atoms with Crippen molar-refractivity contribution in [2.45, 2.75) is 23.4 Å². The summed E-state index contributed by atoms with van der Waals surface area (Å²) in [4.78, 5) is 0. The van der Waals surface area contributed by atoms with E-state index in [0.717, 1.165) is 10.2 Å². The third-order valence-corrected chi connectivity index (χ3v) is 2.31. The van der Waals surface area contributed by atoms with Gasteiger partial charge in [0.15, 0.2) is 0 Å².